The van der Waals surface area contributed by atoms with E-state index in [9.17, 15) is 14.7 Å². The number of amides is 2. The summed E-state index contributed by atoms with van der Waals surface area (Å²) in [5.41, 5.74) is 3.10. The molecule has 2 N–H and O–H groups in total. The Hall–Kier alpha value is -1.93. The summed E-state index contributed by atoms with van der Waals surface area (Å²) < 4.78 is 0.535. The highest BCUT2D eigenvalue weighted by atomic mass is 35.5. The maximum Gasteiger partial charge on any atom is 0.261 e. The van der Waals surface area contributed by atoms with Gasteiger partial charge in [0.15, 0.2) is 0 Å². The molecule has 2 aromatic rings. The summed E-state index contributed by atoms with van der Waals surface area (Å²) in [6.45, 7) is 2.36. The van der Waals surface area contributed by atoms with Crippen LogP contribution in [0.2, 0.25) is 4.34 Å². The highest BCUT2D eigenvalue weighted by Crippen LogP contribution is 2.23. The Morgan fingerprint density at radius 3 is 2.79 bits per heavy atom. The fourth-order valence-corrected chi connectivity index (χ4v) is 4.73. The number of carbonyl (C=O) groups is 2. The lowest BCUT2D eigenvalue weighted by Crippen LogP contribution is -2.42. The Labute approximate surface area is 172 Å². The van der Waals surface area contributed by atoms with Gasteiger partial charge in [0.25, 0.3) is 11.8 Å². The van der Waals surface area contributed by atoms with Crippen LogP contribution in [0.4, 0.5) is 0 Å². The molecule has 1 unspecified atom stereocenters. The minimum Gasteiger partial charge on any atom is -0.389 e. The molecule has 2 aliphatic heterocycles. The van der Waals surface area contributed by atoms with Gasteiger partial charge in [-0.3, -0.25) is 9.59 Å². The number of nitrogens with zero attached hydrogens (tertiary/aromatic N) is 2. The van der Waals surface area contributed by atoms with Crippen LogP contribution in [-0.2, 0) is 13.0 Å². The molecule has 0 bridgehead atoms. The van der Waals surface area contributed by atoms with Gasteiger partial charge in [0, 0.05) is 31.7 Å². The van der Waals surface area contributed by atoms with E-state index >= 15 is 0 Å². The monoisotopic (exact) mass is 419 g/mol. The van der Waals surface area contributed by atoms with Crippen LogP contribution in [0.15, 0.2) is 30.3 Å². The zero-order chi connectivity index (χ0) is 19.8. The number of hydrogen-bond acceptors (Lipinski definition) is 5. The number of aliphatic hydroxyl groups is 1. The Kier molecular flexibility index (Phi) is 5.42. The molecule has 0 spiro atoms. The standard InChI is InChI=1S/C20H22ClN3O3S/c1-23-7-6-12-8-13(2-3-14(12)9-23)20(27)24-10-15(16(25)11-24)22-19(26)17-4-5-18(21)28-17/h2-5,8,15-16,25H,6-7,9-11H2,1H3,(H,22,26)/t15-,16?/m0/s1. The number of carbonyl (C=O) groups excluding carboxylic acids is 2. The lowest BCUT2D eigenvalue weighted by Gasteiger charge is -2.25. The summed E-state index contributed by atoms with van der Waals surface area (Å²) in [6.07, 6.45) is 0.132. The second-order valence-corrected chi connectivity index (χ2v) is 9.15. The van der Waals surface area contributed by atoms with Crippen molar-refractivity contribution >= 4 is 34.8 Å². The van der Waals surface area contributed by atoms with Crippen molar-refractivity contribution in [1.82, 2.24) is 15.1 Å². The molecular formula is C20H22ClN3O3S. The second-order valence-electron chi connectivity index (χ2n) is 7.43. The van der Waals surface area contributed by atoms with E-state index in [2.05, 4.69) is 17.3 Å². The van der Waals surface area contributed by atoms with Crippen LogP contribution in [0.3, 0.4) is 0 Å². The van der Waals surface area contributed by atoms with Crippen molar-refractivity contribution < 1.29 is 14.7 Å². The number of fused-ring (bicyclic) bond motifs is 1. The van der Waals surface area contributed by atoms with Crippen molar-refractivity contribution in [3.8, 4) is 0 Å². The molecule has 28 heavy (non-hydrogen) atoms. The fourth-order valence-electron chi connectivity index (χ4n) is 3.78. The van der Waals surface area contributed by atoms with Crippen molar-refractivity contribution in [3.05, 3.63) is 56.2 Å². The SMILES string of the molecule is CN1CCc2cc(C(=O)N3CC(O)[C@@H](NC(=O)c4ccc(Cl)s4)C3)ccc2C1. The van der Waals surface area contributed by atoms with E-state index in [4.69, 9.17) is 11.6 Å². The fraction of sp³-hybridized carbons (Fsp3) is 0.400. The van der Waals surface area contributed by atoms with E-state index in [0.717, 1.165) is 19.5 Å². The van der Waals surface area contributed by atoms with Gasteiger partial charge in [-0.1, -0.05) is 17.7 Å². The summed E-state index contributed by atoms with van der Waals surface area (Å²) in [6, 6.07) is 8.66. The van der Waals surface area contributed by atoms with Gasteiger partial charge in [-0.25, -0.2) is 0 Å². The molecule has 2 aliphatic rings. The zero-order valence-electron chi connectivity index (χ0n) is 15.5. The third-order valence-electron chi connectivity index (χ3n) is 5.35. The molecule has 1 fully saturated rings. The van der Waals surface area contributed by atoms with Crippen molar-refractivity contribution in [1.29, 1.82) is 0 Å². The van der Waals surface area contributed by atoms with Crippen LogP contribution in [0, 0.1) is 0 Å². The van der Waals surface area contributed by atoms with Crippen molar-refractivity contribution in [2.24, 2.45) is 0 Å². The Bertz CT molecular complexity index is 916. The lowest BCUT2D eigenvalue weighted by atomic mass is 9.97. The number of nitrogens with one attached hydrogen (secondary N) is 1. The largest absolute Gasteiger partial charge is 0.389 e. The van der Waals surface area contributed by atoms with Crippen molar-refractivity contribution in [3.63, 3.8) is 0 Å². The smallest absolute Gasteiger partial charge is 0.261 e. The maximum atomic E-state index is 12.9. The quantitative estimate of drug-likeness (QED) is 0.798. The molecule has 1 aromatic heterocycles. The van der Waals surface area contributed by atoms with E-state index in [1.165, 1.54) is 22.5 Å². The van der Waals surface area contributed by atoms with E-state index in [0.29, 0.717) is 14.8 Å². The average Bonchev–Trinajstić information content (AvgIpc) is 3.27. The predicted molar refractivity (Wildman–Crippen MR) is 109 cm³/mol. The summed E-state index contributed by atoms with van der Waals surface area (Å²) in [7, 11) is 2.09. The number of benzene rings is 1. The molecule has 2 atom stereocenters. The number of aliphatic hydroxyl groups excluding tert-OH is 1. The molecule has 1 aromatic carbocycles. The van der Waals surface area contributed by atoms with Gasteiger partial charge in [-0.2, -0.15) is 0 Å². The predicted octanol–water partition coefficient (Wildman–Crippen LogP) is 2.00. The van der Waals surface area contributed by atoms with E-state index in [1.807, 2.05) is 18.2 Å². The normalized spacial score (nSPS) is 22.2. The first-order valence-electron chi connectivity index (χ1n) is 9.24. The minimum absolute atomic E-state index is 0.114. The highest BCUT2D eigenvalue weighted by molar-refractivity contribution is 7.18. The number of β-amino-alcohol motifs (C(OH)–C–C–N with tert-alkyl or cyclic N) is 1. The number of rotatable bonds is 3. The van der Waals surface area contributed by atoms with Crippen LogP contribution < -0.4 is 5.32 Å². The lowest BCUT2D eigenvalue weighted by molar-refractivity contribution is 0.0764. The molecule has 3 heterocycles. The van der Waals surface area contributed by atoms with E-state index < -0.39 is 12.1 Å². The summed E-state index contributed by atoms with van der Waals surface area (Å²) in [4.78, 5) is 29.6. The third-order valence-corrected chi connectivity index (χ3v) is 6.58. The molecule has 148 valence electrons. The van der Waals surface area contributed by atoms with E-state index in [1.54, 1.807) is 17.0 Å². The number of halogens is 1. The first kappa shape index (κ1) is 19.4. The van der Waals surface area contributed by atoms with Gasteiger partial charge in [-0.15, -0.1) is 11.3 Å². The third kappa shape index (κ3) is 3.93. The molecule has 6 nitrogen and oxygen atoms in total. The topological polar surface area (TPSA) is 72.9 Å². The molecule has 2 amide bonds. The van der Waals surface area contributed by atoms with Gasteiger partial charge in [0.05, 0.1) is 21.4 Å². The van der Waals surface area contributed by atoms with Crippen LogP contribution in [-0.4, -0.2) is 65.5 Å². The molecule has 8 heteroatoms. The Morgan fingerprint density at radius 2 is 2.04 bits per heavy atom. The number of hydrogen-bond donors (Lipinski definition) is 2. The molecule has 0 saturated carbocycles. The first-order chi connectivity index (χ1) is 13.4. The van der Waals surface area contributed by atoms with Crippen molar-refractivity contribution in [2.75, 3.05) is 26.7 Å². The molecule has 0 aliphatic carbocycles. The minimum atomic E-state index is -0.797. The number of likely N-dealkylation sites (N-methyl/N-ethyl adjacent to an activating group) is 1. The molecule has 4 rings (SSSR count). The molecule has 0 radical (unpaired) electrons. The molecular weight excluding hydrogens is 398 g/mol. The van der Waals surface area contributed by atoms with Crippen molar-refractivity contribution in [2.45, 2.75) is 25.1 Å². The maximum absolute atomic E-state index is 12.9. The average molecular weight is 420 g/mol. The van der Waals surface area contributed by atoms with Gasteiger partial charge in [0.2, 0.25) is 0 Å². The Morgan fingerprint density at radius 1 is 1.21 bits per heavy atom. The van der Waals surface area contributed by atoms with Crippen LogP contribution in [0.25, 0.3) is 0 Å². The zero-order valence-corrected chi connectivity index (χ0v) is 17.1. The molecule has 1 saturated heterocycles. The Balaban J connectivity index is 1.43. The van der Waals surface area contributed by atoms with Gasteiger partial charge in [-0.05, 0) is 48.9 Å². The van der Waals surface area contributed by atoms with Crippen LogP contribution in [0.1, 0.15) is 31.2 Å². The first-order valence-corrected chi connectivity index (χ1v) is 10.4. The van der Waals surface area contributed by atoms with Gasteiger partial charge in [0.1, 0.15) is 0 Å². The van der Waals surface area contributed by atoms with Crippen LogP contribution >= 0.6 is 22.9 Å². The number of thiophene rings is 1. The summed E-state index contributed by atoms with van der Waals surface area (Å²) >= 11 is 7.06. The van der Waals surface area contributed by atoms with Gasteiger partial charge >= 0.3 is 0 Å². The highest BCUT2D eigenvalue weighted by Gasteiger charge is 2.35. The summed E-state index contributed by atoms with van der Waals surface area (Å²) in [5.74, 6) is -0.398. The second kappa shape index (κ2) is 7.83. The number of likely N-dealkylation sites (tertiary alicyclic amines) is 1. The van der Waals surface area contributed by atoms with Crippen LogP contribution in [0.5, 0.6) is 0 Å². The van der Waals surface area contributed by atoms with Gasteiger partial charge < -0.3 is 20.2 Å². The van der Waals surface area contributed by atoms with E-state index in [-0.39, 0.29) is 24.9 Å². The summed E-state index contributed by atoms with van der Waals surface area (Å²) in [5, 5.41) is 13.2.